The first-order valence-electron chi connectivity index (χ1n) is 8.20. The van der Waals surface area contributed by atoms with Gasteiger partial charge in [0.2, 0.25) is 5.91 Å². The SMILES string of the molecule is CC1CCCC(C)N1C(=O)CC1CC2CCC(C1)N2. The molecule has 0 radical (unpaired) electrons. The van der Waals surface area contributed by atoms with Gasteiger partial charge in [-0.15, -0.1) is 0 Å². The summed E-state index contributed by atoms with van der Waals surface area (Å²) in [6.07, 6.45) is 9.55. The van der Waals surface area contributed by atoms with Crippen LogP contribution in [0.4, 0.5) is 0 Å². The number of rotatable bonds is 2. The molecule has 3 saturated heterocycles. The monoisotopic (exact) mass is 264 g/mol. The van der Waals surface area contributed by atoms with Crippen molar-refractivity contribution in [1.29, 1.82) is 0 Å². The minimum atomic E-state index is 0.422. The van der Waals surface area contributed by atoms with E-state index in [1.807, 2.05) is 0 Å². The molecule has 3 rings (SSSR count). The third-order valence-corrected chi connectivity index (χ3v) is 5.52. The first-order valence-corrected chi connectivity index (χ1v) is 8.20. The van der Waals surface area contributed by atoms with Crippen molar-refractivity contribution in [3.8, 4) is 0 Å². The van der Waals surface area contributed by atoms with Gasteiger partial charge >= 0.3 is 0 Å². The molecule has 4 unspecified atom stereocenters. The van der Waals surface area contributed by atoms with Gasteiger partial charge in [-0.3, -0.25) is 4.79 Å². The zero-order valence-corrected chi connectivity index (χ0v) is 12.4. The van der Waals surface area contributed by atoms with Crippen LogP contribution in [0.3, 0.4) is 0 Å². The van der Waals surface area contributed by atoms with Gasteiger partial charge in [0.05, 0.1) is 0 Å². The predicted molar refractivity (Wildman–Crippen MR) is 76.9 cm³/mol. The van der Waals surface area contributed by atoms with Gasteiger partial charge in [-0.05, 0) is 64.7 Å². The van der Waals surface area contributed by atoms with Gasteiger partial charge in [-0.2, -0.15) is 0 Å². The van der Waals surface area contributed by atoms with E-state index in [4.69, 9.17) is 0 Å². The number of likely N-dealkylation sites (tertiary alicyclic amines) is 1. The molecular formula is C16H28N2O. The van der Waals surface area contributed by atoms with Crippen molar-refractivity contribution in [2.75, 3.05) is 0 Å². The summed E-state index contributed by atoms with van der Waals surface area (Å²) in [7, 11) is 0. The van der Waals surface area contributed by atoms with Crippen LogP contribution in [0.1, 0.15) is 65.2 Å². The number of carbonyl (C=O) groups is 1. The zero-order chi connectivity index (χ0) is 13.4. The van der Waals surface area contributed by atoms with Crippen LogP contribution in [0.25, 0.3) is 0 Å². The lowest BCUT2D eigenvalue weighted by molar-refractivity contribution is -0.138. The van der Waals surface area contributed by atoms with Crippen molar-refractivity contribution in [2.24, 2.45) is 5.92 Å². The van der Waals surface area contributed by atoms with E-state index in [0.717, 1.165) is 6.42 Å². The van der Waals surface area contributed by atoms with Gasteiger partial charge in [0.1, 0.15) is 0 Å². The number of nitrogens with one attached hydrogen (secondary N) is 1. The summed E-state index contributed by atoms with van der Waals surface area (Å²) >= 11 is 0. The molecule has 4 atom stereocenters. The minimum Gasteiger partial charge on any atom is -0.337 e. The number of amides is 1. The van der Waals surface area contributed by atoms with Crippen molar-refractivity contribution >= 4 is 5.91 Å². The molecule has 0 aliphatic carbocycles. The Morgan fingerprint density at radius 3 is 2.21 bits per heavy atom. The summed E-state index contributed by atoms with van der Waals surface area (Å²) < 4.78 is 0. The minimum absolute atomic E-state index is 0.422. The molecule has 3 nitrogen and oxygen atoms in total. The smallest absolute Gasteiger partial charge is 0.223 e. The third-order valence-electron chi connectivity index (χ3n) is 5.52. The predicted octanol–water partition coefficient (Wildman–Crippen LogP) is 2.70. The molecule has 3 heteroatoms. The quantitative estimate of drug-likeness (QED) is 0.831. The van der Waals surface area contributed by atoms with Gasteiger partial charge in [-0.25, -0.2) is 0 Å². The van der Waals surface area contributed by atoms with E-state index in [9.17, 15) is 4.79 Å². The molecule has 1 N–H and O–H groups in total. The van der Waals surface area contributed by atoms with Crippen LogP contribution in [-0.2, 0) is 4.79 Å². The normalized spacial score (nSPS) is 42.4. The first-order chi connectivity index (χ1) is 9.13. The van der Waals surface area contributed by atoms with E-state index in [0.29, 0.717) is 36.0 Å². The molecule has 1 amide bonds. The summed E-state index contributed by atoms with van der Waals surface area (Å²) in [6, 6.07) is 2.31. The Labute approximate surface area is 117 Å². The Morgan fingerprint density at radius 2 is 1.63 bits per heavy atom. The standard InChI is InChI=1S/C16H28N2O/c1-11-4-3-5-12(2)18(11)16(19)10-13-8-14-6-7-15(9-13)17-14/h11-15,17H,3-10H2,1-2H3. The molecule has 3 fully saturated rings. The first kappa shape index (κ1) is 13.4. The van der Waals surface area contributed by atoms with Crippen LogP contribution in [0, 0.1) is 5.92 Å². The molecular weight excluding hydrogens is 236 g/mol. The molecule has 3 heterocycles. The van der Waals surface area contributed by atoms with E-state index >= 15 is 0 Å². The number of fused-ring (bicyclic) bond motifs is 2. The Hall–Kier alpha value is -0.570. The van der Waals surface area contributed by atoms with Crippen LogP contribution in [-0.4, -0.2) is 35.0 Å². The highest BCUT2D eigenvalue weighted by molar-refractivity contribution is 5.77. The maximum absolute atomic E-state index is 12.6. The number of hydrogen-bond donors (Lipinski definition) is 1. The van der Waals surface area contributed by atoms with Crippen molar-refractivity contribution in [3.05, 3.63) is 0 Å². The fourth-order valence-corrected chi connectivity index (χ4v) is 4.61. The van der Waals surface area contributed by atoms with E-state index in [-0.39, 0.29) is 0 Å². The molecule has 19 heavy (non-hydrogen) atoms. The van der Waals surface area contributed by atoms with Gasteiger partial charge in [0, 0.05) is 30.6 Å². The number of piperidine rings is 2. The highest BCUT2D eigenvalue weighted by Gasteiger charge is 2.36. The molecule has 0 aromatic heterocycles. The number of hydrogen-bond acceptors (Lipinski definition) is 2. The molecule has 0 aromatic rings. The second-order valence-corrected chi connectivity index (χ2v) is 7.11. The Morgan fingerprint density at radius 1 is 1.05 bits per heavy atom. The largest absolute Gasteiger partial charge is 0.337 e. The van der Waals surface area contributed by atoms with E-state index in [2.05, 4.69) is 24.1 Å². The van der Waals surface area contributed by atoms with Gasteiger partial charge in [0.25, 0.3) is 0 Å². The average molecular weight is 264 g/mol. The fraction of sp³-hybridized carbons (Fsp3) is 0.938. The molecule has 0 saturated carbocycles. The molecule has 108 valence electrons. The second-order valence-electron chi connectivity index (χ2n) is 7.11. The molecule has 3 aliphatic heterocycles. The maximum Gasteiger partial charge on any atom is 0.223 e. The summed E-state index contributed by atoms with van der Waals surface area (Å²) in [5, 5.41) is 3.67. The summed E-state index contributed by atoms with van der Waals surface area (Å²) in [6.45, 7) is 4.44. The van der Waals surface area contributed by atoms with Gasteiger partial charge in [-0.1, -0.05) is 0 Å². The summed E-state index contributed by atoms with van der Waals surface area (Å²) in [4.78, 5) is 14.8. The molecule has 0 aromatic carbocycles. The summed E-state index contributed by atoms with van der Waals surface area (Å²) in [5.74, 6) is 1.05. The average Bonchev–Trinajstić information content (AvgIpc) is 2.68. The zero-order valence-electron chi connectivity index (χ0n) is 12.4. The van der Waals surface area contributed by atoms with E-state index in [1.165, 1.54) is 44.9 Å². The highest BCUT2D eigenvalue weighted by Crippen LogP contribution is 2.34. The second kappa shape index (κ2) is 5.43. The Bertz CT molecular complexity index is 322. The Balaban J connectivity index is 1.58. The van der Waals surface area contributed by atoms with Crippen LogP contribution in [0.15, 0.2) is 0 Å². The topological polar surface area (TPSA) is 32.3 Å². The molecule has 3 aliphatic rings. The van der Waals surface area contributed by atoms with Crippen molar-refractivity contribution in [3.63, 3.8) is 0 Å². The van der Waals surface area contributed by atoms with Crippen molar-refractivity contribution in [1.82, 2.24) is 10.2 Å². The van der Waals surface area contributed by atoms with Crippen LogP contribution in [0.2, 0.25) is 0 Å². The van der Waals surface area contributed by atoms with E-state index < -0.39 is 0 Å². The van der Waals surface area contributed by atoms with Crippen LogP contribution >= 0.6 is 0 Å². The van der Waals surface area contributed by atoms with Gasteiger partial charge in [0.15, 0.2) is 0 Å². The van der Waals surface area contributed by atoms with Crippen LogP contribution in [0.5, 0.6) is 0 Å². The van der Waals surface area contributed by atoms with E-state index in [1.54, 1.807) is 0 Å². The number of carbonyl (C=O) groups excluding carboxylic acids is 1. The third kappa shape index (κ3) is 2.81. The fourth-order valence-electron chi connectivity index (χ4n) is 4.61. The van der Waals surface area contributed by atoms with Gasteiger partial charge < -0.3 is 10.2 Å². The highest BCUT2D eigenvalue weighted by atomic mass is 16.2. The van der Waals surface area contributed by atoms with Crippen LogP contribution < -0.4 is 5.32 Å². The lowest BCUT2D eigenvalue weighted by atomic mass is 9.88. The maximum atomic E-state index is 12.6. The molecule has 0 spiro atoms. The molecule has 2 bridgehead atoms. The number of nitrogens with zero attached hydrogens (tertiary/aromatic N) is 1. The lowest BCUT2D eigenvalue weighted by Crippen LogP contribution is -2.48. The Kier molecular flexibility index (Phi) is 3.84. The lowest BCUT2D eigenvalue weighted by Gasteiger charge is -2.40. The van der Waals surface area contributed by atoms with Crippen molar-refractivity contribution < 1.29 is 4.79 Å². The summed E-state index contributed by atoms with van der Waals surface area (Å²) in [5.41, 5.74) is 0. The van der Waals surface area contributed by atoms with Crippen molar-refractivity contribution in [2.45, 2.75) is 89.4 Å².